The number of benzene rings is 1. The molecule has 0 saturated carbocycles. The van der Waals surface area contributed by atoms with Crippen LogP contribution in [-0.2, 0) is 16.4 Å². The zero-order valence-electron chi connectivity index (χ0n) is 18.9. The van der Waals surface area contributed by atoms with Crippen LogP contribution >= 0.6 is 0 Å². The number of hydrogen-bond acceptors (Lipinski definition) is 4. The predicted molar refractivity (Wildman–Crippen MR) is 125 cm³/mol. The van der Waals surface area contributed by atoms with E-state index < -0.39 is 10.0 Å². The second-order valence-corrected chi connectivity index (χ2v) is 9.86. The summed E-state index contributed by atoms with van der Waals surface area (Å²) in [7, 11) is -3.53. The van der Waals surface area contributed by atoms with E-state index in [-0.39, 0.29) is 10.8 Å². The van der Waals surface area contributed by atoms with Crippen LogP contribution < -0.4 is 4.90 Å². The van der Waals surface area contributed by atoms with Crippen LogP contribution in [0.2, 0.25) is 0 Å². The molecule has 1 amide bonds. The van der Waals surface area contributed by atoms with Crippen molar-refractivity contribution in [3.05, 3.63) is 71.3 Å². The van der Waals surface area contributed by atoms with E-state index in [2.05, 4.69) is 4.98 Å². The molecule has 0 radical (unpaired) electrons. The number of sulfonamides is 1. The van der Waals surface area contributed by atoms with Crippen LogP contribution in [0, 0.1) is 13.8 Å². The highest BCUT2D eigenvalue weighted by Gasteiger charge is 2.30. The highest BCUT2D eigenvalue weighted by Crippen LogP contribution is 2.33. The third-order valence-electron chi connectivity index (χ3n) is 6.10. The molecule has 0 spiro atoms. The lowest BCUT2D eigenvalue weighted by Gasteiger charge is -2.20. The number of carbonyl (C=O) groups is 1. The van der Waals surface area contributed by atoms with Crippen molar-refractivity contribution in [3.63, 3.8) is 0 Å². The van der Waals surface area contributed by atoms with Crippen molar-refractivity contribution < 1.29 is 13.2 Å². The molecule has 3 heterocycles. The van der Waals surface area contributed by atoms with Gasteiger partial charge in [0.05, 0.1) is 22.3 Å². The monoisotopic (exact) mass is 452 g/mol. The second kappa shape index (κ2) is 8.52. The molecule has 1 aromatic carbocycles. The molecule has 32 heavy (non-hydrogen) atoms. The Hall–Kier alpha value is -2.97. The van der Waals surface area contributed by atoms with Gasteiger partial charge in [0.15, 0.2) is 0 Å². The van der Waals surface area contributed by atoms with Crippen LogP contribution in [0.5, 0.6) is 0 Å². The summed E-state index contributed by atoms with van der Waals surface area (Å²) in [6, 6.07) is 10.8. The number of hydrogen-bond donors (Lipinski definition) is 0. The highest BCUT2D eigenvalue weighted by atomic mass is 32.2. The fourth-order valence-electron chi connectivity index (χ4n) is 4.47. The lowest BCUT2D eigenvalue weighted by molar-refractivity contribution is 0.0989. The SMILES string of the molecule is CCN(CC)S(=O)(=O)c1ccc2c(c1)CCN2C(=O)c1cc(C)n(-c2cccnc2)c1C. The number of fused-ring (bicyclic) bond motifs is 1. The van der Waals surface area contributed by atoms with Gasteiger partial charge in [0.2, 0.25) is 10.0 Å². The van der Waals surface area contributed by atoms with Crippen molar-refractivity contribution in [3.8, 4) is 5.69 Å². The maximum atomic E-state index is 13.5. The van der Waals surface area contributed by atoms with Crippen molar-refractivity contribution in [1.29, 1.82) is 0 Å². The molecular weight excluding hydrogens is 424 g/mol. The first-order chi connectivity index (χ1) is 15.3. The van der Waals surface area contributed by atoms with Crippen LogP contribution in [0.15, 0.2) is 53.7 Å². The number of rotatable bonds is 6. The van der Waals surface area contributed by atoms with E-state index in [1.54, 1.807) is 35.5 Å². The lowest BCUT2D eigenvalue weighted by Crippen LogP contribution is -2.31. The average molecular weight is 453 g/mol. The quantitative estimate of drug-likeness (QED) is 0.571. The molecule has 0 atom stereocenters. The van der Waals surface area contributed by atoms with Gasteiger partial charge in [-0.2, -0.15) is 4.31 Å². The Labute approximate surface area is 189 Å². The fraction of sp³-hybridized carbons (Fsp3) is 0.333. The molecule has 1 aliphatic heterocycles. The maximum absolute atomic E-state index is 13.5. The summed E-state index contributed by atoms with van der Waals surface area (Å²) in [5, 5.41) is 0. The molecule has 7 nitrogen and oxygen atoms in total. The first kappa shape index (κ1) is 22.2. The Morgan fingerprint density at radius 2 is 1.88 bits per heavy atom. The fourth-order valence-corrected chi connectivity index (χ4v) is 5.98. The molecule has 0 unspecified atom stereocenters. The Kier molecular flexibility index (Phi) is 5.92. The molecule has 168 valence electrons. The molecule has 4 rings (SSSR count). The van der Waals surface area contributed by atoms with E-state index in [9.17, 15) is 13.2 Å². The zero-order valence-corrected chi connectivity index (χ0v) is 19.7. The van der Waals surface area contributed by atoms with Crippen molar-refractivity contribution >= 4 is 21.6 Å². The summed E-state index contributed by atoms with van der Waals surface area (Å²) < 4.78 is 29.2. The molecule has 0 aliphatic carbocycles. The maximum Gasteiger partial charge on any atom is 0.260 e. The van der Waals surface area contributed by atoms with Crippen molar-refractivity contribution in [2.45, 2.75) is 39.0 Å². The largest absolute Gasteiger partial charge is 0.316 e. The van der Waals surface area contributed by atoms with Gasteiger partial charge in [0, 0.05) is 42.9 Å². The molecule has 2 aromatic heterocycles. The van der Waals surface area contributed by atoms with Crippen molar-refractivity contribution in [2.75, 3.05) is 24.5 Å². The molecule has 0 fully saturated rings. The van der Waals surface area contributed by atoms with Gasteiger partial charge in [-0.05, 0) is 62.2 Å². The minimum absolute atomic E-state index is 0.0775. The van der Waals surface area contributed by atoms with Crippen LogP contribution in [0.25, 0.3) is 5.69 Å². The number of pyridine rings is 1. The molecule has 0 bridgehead atoms. The van der Waals surface area contributed by atoms with Crippen LogP contribution in [0.4, 0.5) is 5.69 Å². The summed E-state index contributed by atoms with van der Waals surface area (Å²) in [4.78, 5) is 19.7. The van der Waals surface area contributed by atoms with E-state index >= 15 is 0 Å². The lowest BCUT2D eigenvalue weighted by atomic mass is 10.1. The van der Waals surface area contributed by atoms with Crippen LogP contribution in [0.3, 0.4) is 0 Å². The van der Waals surface area contributed by atoms with E-state index in [4.69, 9.17) is 0 Å². The van der Waals surface area contributed by atoms with Crippen LogP contribution in [0.1, 0.15) is 41.2 Å². The van der Waals surface area contributed by atoms with Crippen molar-refractivity contribution in [2.24, 2.45) is 0 Å². The van der Waals surface area contributed by atoms with E-state index in [1.807, 2.05) is 50.5 Å². The van der Waals surface area contributed by atoms with Gasteiger partial charge in [-0.15, -0.1) is 0 Å². The third-order valence-corrected chi connectivity index (χ3v) is 8.15. The highest BCUT2D eigenvalue weighted by molar-refractivity contribution is 7.89. The van der Waals surface area contributed by atoms with E-state index in [0.717, 1.165) is 28.3 Å². The average Bonchev–Trinajstić information content (AvgIpc) is 3.34. The van der Waals surface area contributed by atoms with Gasteiger partial charge in [-0.3, -0.25) is 9.78 Å². The molecule has 0 saturated heterocycles. The summed E-state index contributed by atoms with van der Waals surface area (Å²) >= 11 is 0. The predicted octanol–water partition coefficient (Wildman–Crippen LogP) is 3.72. The van der Waals surface area contributed by atoms with Gasteiger partial charge in [-0.1, -0.05) is 13.8 Å². The zero-order chi connectivity index (χ0) is 23.0. The summed E-state index contributed by atoms with van der Waals surface area (Å²) in [5.74, 6) is -0.0775. The van der Waals surface area contributed by atoms with Gasteiger partial charge in [0.25, 0.3) is 5.91 Å². The number of anilines is 1. The number of carbonyl (C=O) groups excluding carboxylic acids is 1. The van der Waals surface area contributed by atoms with E-state index in [0.29, 0.717) is 31.6 Å². The molecule has 8 heteroatoms. The third kappa shape index (κ3) is 3.63. The Balaban J connectivity index is 1.67. The van der Waals surface area contributed by atoms with Gasteiger partial charge in [-0.25, -0.2) is 8.42 Å². The smallest absolute Gasteiger partial charge is 0.260 e. The normalized spacial score (nSPS) is 13.6. The Morgan fingerprint density at radius 1 is 1.12 bits per heavy atom. The molecule has 1 aliphatic rings. The number of nitrogens with zero attached hydrogens (tertiary/aromatic N) is 4. The number of aromatic nitrogens is 2. The number of amides is 1. The van der Waals surface area contributed by atoms with E-state index in [1.165, 1.54) is 4.31 Å². The topological polar surface area (TPSA) is 75.5 Å². The molecular formula is C24H28N4O3S. The van der Waals surface area contributed by atoms with Gasteiger partial charge in [0.1, 0.15) is 0 Å². The first-order valence-electron chi connectivity index (χ1n) is 10.8. The molecule has 0 N–H and O–H groups in total. The summed E-state index contributed by atoms with van der Waals surface area (Å²) in [6.07, 6.45) is 4.13. The molecule has 3 aromatic rings. The Morgan fingerprint density at radius 3 is 2.53 bits per heavy atom. The van der Waals surface area contributed by atoms with Crippen molar-refractivity contribution in [1.82, 2.24) is 13.9 Å². The Bertz CT molecular complexity index is 1260. The second-order valence-electron chi connectivity index (χ2n) is 7.92. The van der Waals surface area contributed by atoms with Gasteiger partial charge < -0.3 is 9.47 Å². The minimum Gasteiger partial charge on any atom is -0.316 e. The summed E-state index contributed by atoms with van der Waals surface area (Å²) in [5.41, 5.74) is 5.02. The van der Waals surface area contributed by atoms with Crippen LogP contribution in [-0.4, -0.2) is 47.8 Å². The minimum atomic E-state index is -3.53. The number of aryl methyl sites for hydroxylation is 1. The standard InChI is InChI=1S/C24H28N4O3S/c1-5-26(6-2)32(30,31)21-9-10-23-19(15-21)11-13-27(23)24(29)22-14-17(3)28(18(22)4)20-8-7-12-25-16-20/h7-10,12,14-16H,5-6,11,13H2,1-4H3. The first-order valence-corrected chi connectivity index (χ1v) is 12.3. The summed E-state index contributed by atoms with van der Waals surface area (Å²) in [6.45, 7) is 8.94. The van der Waals surface area contributed by atoms with Gasteiger partial charge >= 0.3 is 0 Å².